The van der Waals surface area contributed by atoms with E-state index in [9.17, 15) is 5.11 Å². The van der Waals surface area contributed by atoms with E-state index in [-0.39, 0.29) is 6.10 Å². The number of anilines is 1. The Labute approximate surface area is 123 Å². The molecule has 1 saturated heterocycles. The molecular weight excluding hydrogens is 270 g/mol. The summed E-state index contributed by atoms with van der Waals surface area (Å²) in [6.07, 6.45) is 4.68. The molecule has 0 aliphatic carbocycles. The predicted molar refractivity (Wildman–Crippen MR) is 83.4 cm³/mol. The minimum absolute atomic E-state index is 0.246. The van der Waals surface area contributed by atoms with Crippen LogP contribution in [-0.4, -0.2) is 34.3 Å². The van der Waals surface area contributed by atoms with Gasteiger partial charge in [0.15, 0.2) is 0 Å². The van der Waals surface area contributed by atoms with Gasteiger partial charge < -0.3 is 10.0 Å². The molecule has 2 aromatic heterocycles. The number of aryl methyl sites for hydroxylation is 1. The Balaban J connectivity index is 1.94. The van der Waals surface area contributed by atoms with Gasteiger partial charge in [0.1, 0.15) is 17.0 Å². The number of piperidine rings is 1. The number of aliphatic hydroxyl groups is 1. The average Bonchev–Trinajstić information content (AvgIpc) is 2.90. The van der Waals surface area contributed by atoms with Crippen LogP contribution in [0.1, 0.15) is 31.6 Å². The number of nitrogens with zero attached hydrogens (tertiary/aromatic N) is 3. The Hall–Kier alpha value is -1.20. The van der Waals surface area contributed by atoms with Gasteiger partial charge in [-0.05, 0) is 32.3 Å². The van der Waals surface area contributed by atoms with Gasteiger partial charge in [0, 0.05) is 23.9 Å². The van der Waals surface area contributed by atoms with E-state index < -0.39 is 0 Å². The van der Waals surface area contributed by atoms with E-state index in [1.165, 1.54) is 10.3 Å². The Morgan fingerprint density at radius 1 is 1.50 bits per heavy atom. The van der Waals surface area contributed by atoms with Gasteiger partial charge in [0.05, 0.1) is 11.5 Å². The van der Waals surface area contributed by atoms with E-state index in [0.717, 1.165) is 43.0 Å². The summed E-state index contributed by atoms with van der Waals surface area (Å²) in [6, 6.07) is 2.22. The van der Waals surface area contributed by atoms with E-state index in [2.05, 4.69) is 27.9 Å². The zero-order chi connectivity index (χ0) is 14.1. The second-order valence-electron chi connectivity index (χ2n) is 5.57. The fraction of sp³-hybridized carbons (Fsp3) is 0.600. The van der Waals surface area contributed by atoms with Crippen molar-refractivity contribution in [3.8, 4) is 0 Å². The molecule has 0 radical (unpaired) electrons. The summed E-state index contributed by atoms with van der Waals surface area (Å²) < 4.78 is 0. The molecule has 0 aromatic carbocycles. The summed E-state index contributed by atoms with van der Waals surface area (Å²) in [5.74, 6) is 1.38. The van der Waals surface area contributed by atoms with Gasteiger partial charge in [-0.15, -0.1) is 11.3 Å². The third-order valence-electron chi connectivity index (χ3n) is 4.15. The normalized spacial score (nSPS) is 21.4. The summed E-state index contributed by atoms with van der Waals surface area (Å²) in [5, 5.41) is 11.0. The standard InChI is InChI=1S/C15H21N3OS/c1-3-12-7-13-14(16-9-17-15(13)20-12)18-6-4-5-11(8-18)10(2)19/h7,9-11,19H,3-6,8H2,1-2H3. The minimum atomic E-state index is -0.246. The Kier molecular flexibility index (Phi) is 3.89. The number of thiophene rings is 1. The lowest BCUT2D eigenvalue weighted by Crippen LogP contribution is -2.40. The number of hydrogen-bond acceptors (Lipinski definition) is 5. The number of rotatable bonds is 3. The van der Waals surface area contributed by atoms with Crippen LogP contribution in [0.25, 0.3) is 10.2 Å². The van der Waals surface area contributed by atoms with Crippen LogP contribution in [0.3, 0.4) is 0 Å². The van der Waals surface area contributed by atoms with Gasteiger partial charge in [-0.25, -0.2) is 9.97 Å². The first-order valence-electron chi connectivity index (χ1n) is 7.35. The van der Waals surface area contributed by atoms with Gasteiger partial charge in [-0.1, -0.05) is 6.92 Å². The molecule has 0 amide bonds. The molecule has 0 bridgehead atoms. The van der Waals surface area contributed by atoms with Gasteiger partial charge in [-0.3, -0.25) is 0 Å². The predicted octanol–water partition coefficient (Wildman–Crippen LogP) is 2.85. The number of hydrogen-bond donors (Lipinski definition) is 1. The molecule has 20 heavy (non-hydrogen) atoms. The van der Waals surface area contributed by atoms with E-state index >= 15 is 0 Å². The highest BCUT2D eigenvalue weighted by Gasteiger charge is 2.25. The fourth-order valence-electron chi connectivity index (χ4n) is 2.92. The minimum Gasteiger partial charge on any atom is -0.393 e. The van der Waals surface area contributed by atoms with Crippen LogP contribution in [0, 0.1) is 5.92 Å². The summed E-state index contributed by atoms with van der Waals surface area (Å²) in [6.45, 7) is 5.97. The van der Waals surface area contributed by atoms with Crippen molar-refractivity contribution in [3.05, 3.63) is 17.3 Å². The second-order valence-corrected chi connectivity index (χ2v) is 6.69. The highest BCUT2D eigenvalue weighted by molar-refractivity contribution is 7.18. The Bertz CT molecular complexity index is 596. The summed E-state index contributed by atoms with van der Waals surface area (Å²) in [5.41, 5.74) is 0. The molecule has 2 unspecified atom stereocenters. The molecule has 5 heteroatoms. The third-order valence-corrected chi connectivity index (χ3v) is 5.33. The molecule has 2 aromatic rings. The smallest absolute Gasteiger partial charge is 0.140 e. The van der Waals surface area contributed by atoms with Crippen molar-refractivity contribution in [2.75, 3.05) is 18.0 Å². The molecule has 108 valence electrons. The molecule has 3 rings (SSSR count). The second kappa shape index (κ2) is 5.66. The number of aromatic nitrogens is 2. The van der Waals surface area contributed by atoms with Gasteiger partial charge >= 0.3 is 0 Å². The number of aliphatic hydroxyl groups excluding tert-OH is 1. The van der Waals surface area contributed by atoms with Crippen molar-refractivity contribution in [3.63, 3.8) is 0 Å². The highest BCUT2D eigenvalue weighted by atomic mass is 32.1. The molecule has 2 atom stereocenters. The van der Waals surface area contributed by atoms with Crippen molar-refractivity contribution in [2.24, 2.45) is 5.92 Å². The maximum absolute atomic E-state index is 9.84. The highest BCUT2D eigenvalue weighted by Crippen LogP contribution is 2.33. The molecule has 1 fully saturated rings. The van der Waals surface area contributed by atoms with Crippen LogP contribution in [0.15, 0.2) is 12.4 Å². The van der Waals surface area contributed by atoms with Crippen LogP contribution in [0.5, 0.6) is 0 Å². The SMILES string of the molecule is CCc1cc2c(N3CCCC(C(C)O)C3)ncnc2s1. The van der Waals surface area contributed by atoms with Crippen LogP contribution >= 0.6 is 11.3 Å². The summed E-state index contributed by atoms with van der Waals surface area (Å²) >= 11 is 1.76. The summed E-state index contributed by atoms with van der Waals surface area (Å²) in [7, 11) is 0. The zero-order valence-corrected chi connectivity index (χ0v) is 12.9. The molecule has 1 aliphatic rings. The molecule has 4 nitrogen and oxygen atoms in total. The fourth-order valence-corrected chi connectivity index (χ4v) is 3.84. The van der Waals surface area contributed by atoms with Crippen LogP contribution in [-0.2, 0) is 6.42 Å². The third kappa shape index (κ3) is 2.52. The lowest BCUT2D eigenvalue weighted by Gasteiger charge is -2.35. The number of fused-ring (bicyclic) bond motifs is 1. The van der Waals surface area contributed by atoms with Crippen molar-refractivity contribution in [1.82, 2.24) is 9.97 Å². The monoisotopic (exact) mass is 291 g/mol. The summed E-state index contributed by atoms with van der Waals surface area (Å²) in [4.78, 5) is 13.6. The van der Waals surface area contributed by atoms with E-state index in [1.54, 1.807) is 17.7 Å². The largest absolute Gasteiger partial charge is 0.393 e. The maximum Gasteiger partial charge on any atom is 0.140 e. The van der Waals surface area contributed by atoms with Gasteiger partial charge in [0.2, 0.25) is 0 Å². The molecule has 0 saturated carbocycles. The van der Waals surface area contributed by atoms with Crippen LogP contribution < -0.4 is 4.90 Å². The maximum atomic E-state index is 9.84. The van der Waals surface area contributed by atoms with Crippen molar-refractivity contribution >= 4 is 27.4 Å². The Morgan fingerprint density at radius 3 is 3.10 bits per heavy atom. The quantitative estimate of drug-likeness (QED) is 0.944. The van der Waals surface area contributed by atoms with E-state index in [0.29, 0.717) is 5.92 Å². The molecule has 3 heterocycles. The first-order valence-corrected chi connectivity index (χ1v) is 8.17. The van der Waals surface area contributed by atoms with Crippen LogP contribution in [0.4, 0.5) is 5.82 Å². The Morgan fingerprint density at radius 2 is 2.35 bits per heavy atom. The van der Waals surface area contributed by atoms with E-state index in [4.69, 9.17) is 0 Å². The molecule has 1 aliphatic heterocycles. The van der Waals surface area contributed by atoms with Crippen molar-refractivity contribution in [1.29, 1.82) is 0 Å². The van der Waals surface area contributed by atoms with Gasteiger partial charge in [0.25, 0.3) is 0 Å². The van der Waals surface area contributed by atoms with E-state index in [1.807, 2.05) is 6.92 Å². The lowest BCUT2D eigenvalue weighted by atomic mass is 9.93. The van der Waals surface area contributed by atoms with Crippen LogP contribution in [0.2, 0.25) is 0 Å². The molecule has 0 spiro atoms. The first-order chi connectivity index (χ1) is 9.69. The van der Waals surface area contributed by atoms with Gasteiger partial charge in [-0.2, -0.15) is 0 Å². The van der Waals surface area contributed by atoms with Crippen molar-refractivity contribution in [2.45, 2.75) is 39.2 Å². The first kappa shape index (κ1) is 13.8. The molecule has 1 N–H and O–H groups in total. The topological polar surface area (TPSA) is 49.2 Å². The zero-order valence-electron chi connectivity index (χ0n) is 12.0. The average molecular weight is 291 g/mol. The van der Waals surface area contributed by atoms with Crippen molar-refractivity contribution < 1.29 is 5.11 Å². The molecular formula is C15H21N3OS. The lowest BCUT2D eigenvalue weighted by molar-refractivity contribution is 0.115.